The molecule has 1 aromatic carbocycles. The highest BCUT2D eigenvalue weighted by Crippen LogP contribution is 2.20. The number of aromatic nitrogens is 2. The van der Waals surface area contributed by atoms with Crippen molar-refractivity contribution < 1.29 is 4.74 Å². The molecule has 1 N–H and O–H groups in total. The summed E-state index contributed by atoms with van der Waals surface area (Å²) in [5, 5.41) is 3.55. The zero-order valence-corrected chi connectivity index (χ0v) is 13.4. The Morgan fingerprint density at radius 3 is 2.43 bits per heavy atom. The van der Waals surface area contributed by atoms with Gasteiger partial charge in [-0.3, -0.25) is 0 Å². The summed E-state index contributed by atoms with van der Waals surface area (Å²) in [4.78, 5) is 4.38. The molecule has 0 amide bonds. The van der Waals surface area contributed by atoms with Gasteiger partial charge in [-0.05, 0) is 45.0 Å². The van der Waals surface area contributed by atoms with Gasteiger partial charge in [-0.15, -0.1) is 0 Å². The number of hydrogen-bond donors (Lipinski definition) is 1. The van der Waals surface area contributed by atoms with E-state index in [2.05, 4.69) is 40.8 Å². The van der Waals surface area contributed by atoms with E-state index in [9.17, 15) is 0 Å². The molecular formula is C17H25N3O. The van der Waals surface area contributed by atoms with Gasteiger partial charge in [-0.1, -0.05) is 19.1 Å². The summed E-state index contributed by atoms with van der Waals surface area (Å²) in [5.74, 6) is 0.922. The van der Waals surface area contributed by atoms with E-state index in [0.29, 0.717) is 6.61 Å². The lowest BCUT2D eigenvalue weighted by Gasteiger charge is -2.20. The maximum absolute atomic E-state index is 5.51. The van der Waals surface area contributed by atoms with E-state index in [1.807, 2.05) is 32.3 Å². The first-order valence-electron chi connectivity index (χ1n) is 7.60. The van der Waals surface area contributed by atoms with Crippen LogP contribution in [0.5, 0.6) is 5.75 Å². The van der Waals surface area contributed by atoms with Gasteiger partial charge in [0, 0.05) is 12.2 Å². The van der Waals surface area contributed by atoms with Gasteiger partial charge in [0.15, 0.2) is 0 Å². The summed E-state index contributed by atoms with van der Waals surface area (Å²) in [7, 11) is 0. The fraction of sp³-hybridized carbons (Fsp3) is 0.471. The molecule has 2 aromatic rings. The van der Waals surface area contributed by atoms with E-state index >= 15 is 0 Å². The van der Waals surface area contributed by atoms with Crippen molar-refractivity contribution in [2.45, 2.75) is 40.3 Å². The van der Waals surface area contributed by atoms with E-state index in [1.165, 1.54) is 11.3 Å². The fourth-order valence-electron chi connectivity index (χ4n) is 2.42. The SMILES string of the molecule is CCNC(Cn1cnc(C)c1C)c1ccc(OCC)cc1. The van der Waals surface area contributed by atoms with E-state index in [1.54, 1.807) is 0 Å². The van der Waals surface area contributed by atoms with Crippen molar-refractivity contribution in [3.05, 3.63) is 47.5 Å². The number of nitrogens with one attached hydrogen (secondary N) is 1. The Labute approximate surface area is 127 Å². The lowest BCUT2D eigenvalue weighted by molar-refractivity contribution is 0.340. The number of likely N-dealkylation sites (N-methyl/N-ethyl adjacent to an activating group) is 1. The molecule has 1 atom stereocenters. The fourth-order valence-corrected chi connectivity index (χ4v) is 2.42. The normalized spacial score (nSPS) is 12.4. The summed E-state index contributed by atoms with van der Waals surface area (Å²) in [6.45, 7) is 10.8. The lowest BCUT2D eigenvalue weighted by atomic mass is 10.1. The Kier molecular flexibility index (Phi) is 5.39. The Morgan fingerprint density at radius 2 is 1.90 bits per heavy atom. The quantitative estimate of drug-likeness (QED) is 0.849. The second kappa shape index (κ2) is 7.27. The van der Waals surface area contributed by atoms with Gasteiger partial charge in [0.25, 0.3) is 0 Å². The first kappa shape index (κ1) is 15.6. The molecule has 1 heterocycles. The van der Waals surface area contributed by atoms with Gasteiger partial charge in [0.05, 0.1) is 24.7 Å². The molecule has 0 radical (unpaired) electrons. The number of ether oxygens (including phenoxy) is 1. The van der Waals surface area contributed by atoms with Crippen LogP contribution in [0.15, 0.2) is 30.6 Å². The number of hydrogen-bond acceptors (Lipinski definition) is 3. The summed E-state index contributed by atoms with van der Waals surface area (Å²) >= 11 is 0. The Morgan fingerprint density at radius 1 is 1.19 bits per heavy atom. The molecule has 4 nitrogen and oxygen atoms in total. The zero-order chi connectivity index (χ0) is 15.2. The van der Waals surface area contributed by atoms with E-state index in [-0.39, 0.29) is 6.04 Å². The topological polar surface area (TPSA) is 39.1 Å². The van der Waals surface area contributed by atoms with Crippen LogP contribution in [0.3, 0.4) is 0 Å². The largest absolute Gasteiger partial charge is 0.494 e. The van der Waals surface area contributed by atoms with Crippen LogP contribution in [0, 0.1) is 13.8 Å². The molecule has 0 spiro atoms. The van der Waals surface area contributed by atoms with Crippen molar-refractivity contribution in [1.82, 2.24) is 14.9 Å². The third kappa shape index (κ3) is 3.85. The molecule has 1 unspecified atom stereocenters. The standard InChI is InChI=1S/C17H25N3O/c1-5-18-17(11-20-12-19-13(3)14(20)4)15-7-9-16(10-8-15)21-6-2/h7-10,12,17-18H,5-6,11H2,1-4H3. The summed E-state index contributed by atoms with van der Waals surface area (Å²) in [5.41, 5.74) is 3.59. The molecule has 0 aliphatic carbocycles. The van der Waals surface area contributed by atoms with Crippen LogP contribution in [0.1, 0.15) is 36.8 Å². The third-order valence-electron chi connectivity index (χ3n) is 3.77. The van der Waals surface area contributed by atoms with Crippen molar-refractivity contribution in [2.24, 2.45) is 0 Å². The maximum Gasteiger partial charge on any atom is 0.119 e. The van der Waals surface area contributed by atoms with Gasteiger partial charge in [-0.25, -0.2) is 4.98 Å². The molecule has 0 aliphatic rings. The molecule has 0 saturated carbocycles. The predicted molar refractivity (Wildman–Crippen MR) is 85.7 cm³/mol. The Bertz CT molecular complexity index is 560. The van der Waals surface area contributed by atoms with Crippen molar-refractivity contribution >= 4 is 0 Å². The van der Waals surface area contributed by atoms with Crippen LogP contribution in [-0.4, -0.2) is 22.7 Å². The lowest BCUT2D eigenvalue weighted by Crippen LogP contribution is -2.25. The van der Waals surface area contributed by atoms with E-state index in [0.717, 1.165) is 24.5 Å². The van der Waals surface area contributed by atoms with Gasteiger partial charge < -0.3 is 14.6 Å². The van der Waals surface area contributed by atoms with E-state index < -0.39 is 0 Å². The summed E-state index contributed by atoms with van der Waals surface area (Å²) in [6.07, 6.45) is 1.92. The van der Waals surface area contributed by atoms with Crippen molar-refractivity contribution in [1.29, 1.82) is 0 Å². The van der Waals surface area contributed by atoms with Crippen LogP contribution < -0.4 is 10.1 Å². The number of aryl methyl sites for hydroxylation is 1. The van der Waals surface area contributed by atoms with Crippen molar-refractivity contribution in [3.63, 3.8) is 0 Å². The van der Waals surface area contributed by atoms with Crippen LogP contribution in [0.4, 0.5) is 0 Å². The van der Waals surface area contributed by atoms with Crippen molar-refractivity contribution in [2.75, 3.05) is 13.2 Å². The minimum absolute atomic E-state index is 0.276. The maximum atomic E-state index is 5.51. The molecule has 0 fully saturated rings. The van der Waals surface area contributed by atoms with Gasteiger partial charge in [-0.2, -0.15) is 0 Å². The number of rotatable bonds is 7. The molecule has 0 saturated heterocycles. The molecule has 0 aliphatic heterocycles. The van der Waals surface area contributed by atoms with Gasteiger partial charge >= 0.3 is 0 Å². The third-order valence-corrected chi connectivity index (χ3v) is 3.77. The molecule has 2 rings (SSSR count). The number of nitrogens with zero attached hydrogens (tertiary/aromatic N) is 2. The molecular weight excluding hydrogens is 262 g/mol. The number of imidazole rings is 1. The molecule has 114 valence electrons. The molecule has 4 heteroatoms. The summed E-state index contributed by atoms with van der Waals surface area (Å²) in [6, 6.07) is 8.62. The second-order valence-corrected chi connectivity index (χ2v) is 5.18. The Hall–Kier alpha value is -1.81. The van der Waals surface area contributed by atoms with Crippen LogP contribution in [0.25, 0.3) is 0 Å². The number of benzene rings is 1. The van der Waals surface area contributed by atoms with Gasteiger partial charge in [0.2, 0.25) is 0 Å². The smallest absolute Gasteiger partial charge is 0.119 e. The highest BCUT2D eigenvalue weighted by atomic mass is 16.5. The van der Waals surface area contributed by atoms with Crippen LogP contribution in [-0.2, 0) is 6.54 Å². The highest BCUT2D eigenvalue weighted by Gasteiger charge is 2.13. The summed E-state index contributed by atoms with van der Waals surface area (Å²) < 4.78 is 7.71. The predicted octanol–water partition coefficient (Wildman–Crippen LogP) is 3.25. The highest BCUT2D eigenvalue weighted by molar-refractivity contribution is 5.29. The first-order chi connectivity index (χ1) is 10.2. The molecule has 1 aromatic heterocycles. The molecule has 0 bridgehead atoms. The van der Waals surface area contributed by atoms with E-state index in [4.69, 9.17) is 4.74 Å². The zero-order valence-electron chi connectivity index (χ0n) is 13.4. The van der Waals surface area contributed by atoms with Crippen molar-refractivity contribution in [3.8, 4) is 5.75 Å². The average molecular weight is 287 g/mol. The Balaban J connectivity index is 2.16. The minimum Gasteiger partial charge on any atom is -0.494 e. The second-order valence-electron chi connectivity index (χ2n) is 5.18. The molecule has 21 heavy (non-hydrogen) atoms. The minimum atomic E-state index is 0.276. The first-order valence-corrected chi connectivity index (χ1v) is 7.60. The van der Waals surface area contributed by atoms with Crippen LogP contribution >= 0.6 is 0 Å². The average Bonchev–Trinajstić information content (AvgIpc) is 2.80. The van der Waals surface area contributed by atoms with Gasteiger partial charge in [0.1, 0.15) is 5.75 Å². The monoisotopic (exact) mass is 287 g/mol. The van der Waals surface area contributed by atoms with Crippen LogP contribution in [0.2, 0.25) is 0 Å².